The summed E-state index contributed by atoms with van der Waals surface area (Å²) in [5.74, 6) is 0.193. The Labute approximate surface area is 106 Å². The van der Waals surface area contributed by atoms with E-state index in [4.69, 9.17) is 14.1 Å². The monoisotopic (exact) mass is 260 g/mol. The molecule has 1 rings (SSSR count). The van der Waals surface area contributed by atoms with Crippen LogP contribution in [0.2, 0.25) is 18.1 Å². The molecule has 6 heteroatoms. The Morgan fingerprint density at radius 1 is 1.47 bits per heavy atom. The number of ether oxygens (including phenoxy) is 2. The van der Waals surface area contributed by atoms with Crippen LogP contribution in [0.3, 0.4) is 0 Å². The lowest BCUT2D eigenvalue weighted by molar-refractivity contribution is -0.113. The number of methoxy groups -OCH3 is 1. The van der Waals surface area contributed by atoms with Gasteiger partial charge in [0, 0.05) is 13.0 Å². The largest absolute Gasteiger partial charge is 0.438 e. The molecule has 17 heavy (non-hydrogen) atoms. The maximum absolute atomic E-state index is 10.3. The standard InChI is InChI=1S/C11H25BO4Si/c1-11(2,17(4,5)13)6-8-9(16-12)7-15-10(8)14-3/h8-10,13H,6-7,12H2,1-5H3/t8?,9-,10?/m0/s1. The van der Waals surface area contributed by atoms with E-state index in [0.717, 1.165) is 6.42 Å². The van der Waals surface area contributed by atoms with Gasteiger partial charge in [-0.2, -0.15) is 0 Å². The van der Waals surface area contributed by atoms with Gasteiger partial charge in [0.15, 0.2) is 14.6 Å². The lowest BCUT2D eigenvalue weighted by Crippen LogP contribution is -2.42. The van der Waals surface area contributed by atoms with Crippen molar-refractivity contribution < 1.29 is 18.9 Å². The first-order valence-corrected chi connectivity index (χ1v) is 9.07. The Morgan fingerprint density at radius 3 is 2.47 bits per heavy atom. The molecule has 0 spiro atoms. The molecule has 1 aliphatic rings. The number of hydrogen-bond donors (Lipinski definition) is 1. The molecular weight excluding hydrogens is 235 g/mol. The molecule has 3 atom stereocenters. The van der Waals surface area contributed by atoms with Gasteiger partial charge in [0.25, 0.3) is 8.05 Å². The van der Waals surface area contributed by atoms with Gasteiger partial charge in [0.2, 0.25) is 0 Å². The summed E-state index contributed by atoms with van der Waals surface area (Å²) >= 11 is 0. The summed E-state index contributed by atoms with van der Waals surface area (Å²) in [6.45, 7) is 8.77. The van der Waals surface area contributed by atoms with Gasteiger partial charge in [-0.25, -0.2) is 0 Å². The van der Waals surface area contributed by atoms with Crippen LogP contribution in [0.1, 0.15) is 20.3 Å². The van der Waals surface area contributed by atoms with Gasteiger partial charge in [0.05, 0.1) is 12.7 Å². The lowest BCUT2D eigenvalue weighted by Gasteiger charge is -2.38. The first-order valence-electron chi connectivity index (χ1n) is 6.12. The zero-order chi connectivity index (χ0) is 13.3. The molecule has 0 aromatic rings. The third kappa shape index (κ3) is 3.32. The molecule has 0 aromatic carbocycles. The van der Waals surface area contributed by atoms with Crippen LogP contribution in [0.5, 0.6) is 0 Å². The normalized spacial score (nSPS) is 30.8. The molecule has 0 aliphatic carbocycles. The molecule has 0 aromatic heterocycles. The zero-order valence-electron chi connectivity index (χ0n) is 11.8. The van der Waals surface area contributed by atoms with Gasteiger partial charge < -0.3 is 18.9 Å². The molecule has 1 N–H and O–H groups in total. The predicted molar refractivity (Wildman–Crippen MR) is 72.0 cm³/mol. The fourth-order valence-corrected chi connectivity index (χ4v) is 2.90. The Hall–Kier alpha value is 0.122. The summed E-state index contributed by atoms with van der Waals surface area (Å²) in [6.07, 6.45) is 0.714. The molecule has 100 valence electrons. The van der Waals surface area contributed by atoms with E-state index in [1.165, 1.54) is 0 Å². The maximum Gasteiger partial charge on any atom is 0.257 e. The average Bonchev–Trinajstić information content (AvgIpc) is 2.57. The van der Waals surface area contributed by atoms with Gasteiger partial charge in [-0.05, 0) is 24.6 Å². The molecule has 0 amide bonds. The van der Waals surface area contributed by atoms with Crippen molar-refractivity contribution >= 4 is 16.4 Å². The van der Waals surface area contributed by atoms with Crippen molar-refractivity contribution in [1.82, 2.24) is 0 Å². The topological polar surface area (TPSA) is 47.9 Å². The number of hydrogen-bond acceptors (Lipinski definition) is 4. The van der Waals surface area contributed by atoms with E-state index in [9.17, 15) is 4.80 Å². The van der Waals surface area contributed by atoms with E-state index in [1.807, 2.05) is 13.1 Å². The van der Waals surface area contributed by atoms with Crippen molar-refractivity contribution in [2.75, 3.05) is 13.7 Å². The lowest BCUT2D eigenvalue weighted by atomic mass is 9.92. The van der Waals surface area contributed by atoms with Crippen LogP contribution in [-0.4, -0.2) is 47.3 Å². The molecule has 1 saturated heterocycles. The third-order valence-electron chi connectivity index (χ3n) is 4.19. The van der Waals surface area contributed by atoms with Gasteiger partial charge in [-0.1, -0.05) is 13.8 Å². The summed E-state index contributed by atoms with van der Waals surface area (Å²) in [5.41, 5.74) is 0. The van der Waals surface area contributed by atoms with Crippen LogP contribution in [0.25, 0.3) is 0 Å². The van der Waals surface area contributed by atoms with Crippen LogP contribution in [0, 0.1) is 5.92 Å². The van der Waals surface area contributed by atoms with E-state index in [-0.39, 0.29) is 23.4 Å². The van der Waals surface area contributed by atoms with E-state index in [0.29, 0.717) is 6.61 Å². The van der Waals surface area contributed by atoms with Crippen molar-refractivity contribution in [3.05, 3.63) is 0 Å². The molecule has 1 heterocycles. The van der Waals surface area contributed by atoms with Crippen molar-refractivity contribution in [1.29, 1.82) is 0 Å². The second-order valence-corrected chi connectivity index (χ2v) is 10.5. The Kier molecular flexibility index (Phi) is 4.82. The summed E-state index contributed by atoms with van der Waals surface area (Å²) in [5, 5.41) is -0.0844. The van der Waals surface area contributed by atoms with Crippen LogP contribution in [0.15, 0.2) is 0 Å². The van der Waals surface area contributed by atoms with E-state index >= 15 is 0 Å². The minimum absolute atomic E-state index is 0.0653. The van der Waals surface area contributed by atoms with E-state index in [1.54, 1.807) is 15.2 Å². The average molecular weight is 260 g/mol. The minimum atomic E-state index is -2.20. The Balaban J connectivity index is 2.77. The highest BCUT2D eigenvalue weighted by atomic mass is 28.4. The van der Waals surface area contributed by atoms with Gasteiger partial charge in [-0.15, -0.1) is 0 Å². The maximum atomic E-state index is 10.3. The summed E-state index contributed by atoms with van der Waals surface area (Å²) < 4.78 is 16.4. The van der Waals surface area contributed by atoms with Crippen LogP contribution >= 0.6 is 0 Å². The highest BCUT2D eigenvalue weighted by Gasteiger charge is 2.46. The Bertz CT molecular complexity index is 242. The first kappa shape index (κ1) is 15.2. The predicted octanol–water partition coefficient (Wildman–Crippen LogP) is 0.906. The molecule has 4 nitrogen and oxygen atoms in total. The van der Waals surface area contributed by atoms with Crippen LogP contribution in [0.4, 0.5) is 0 Å². The van der Waals surface area contributed by atoms with Crippen molar-refractivity contribution in [2.45, 2.75) is 50.8 Å². The fraction of sp³-hybridized carbons (Fsp3) is 1.00. The Morgan fingerprint density at radius 2 is 2.06 bits per heavy atom. The van der Waals surface area contributed by atoms with Crippen molar-refractivity contribution in [3.63, 3.8) is 0 Å². The van der Waals surface area contributed by atoms with Crippen LogP contribution < -0.4 is 0 Å². The molecule has 0 saturated carbocycles. The summed E-state index contributed by atoms with van der Waals surface area (Å²) in [4.78, 5) is 10.3. The first-order chi connectivity index (χ1) is 7.73. The highest BCUT2D eigenvalue weighted by Crippen LogP contribution is 2.45. The van der Waals surface area contributed by atoms with E-state index < -0.39 is 8.32 Å². The summed E-state index contributed by atoms with van der Waals surface area (Å²) in [7, 11) is 1.16. The van der Waals surface area contributed by atoms with E-state index in [2.05, 4.69) is 13.8 Å². The highest BCUT2D eigenvalue weighted by molar-refractivity contribution is 6.72. The molecule has 0 bridgehead atoms. The molecular formula is C11H25BO4Si. The third-order valence-corrected chi connectivity index (χ3v) is 7.71. The van der Waals surface area contributed by atoms with Crippen LogP contribution in [-0.2, 0) is 14.1 Å². The summed E-state index contributed by atoms with van der Waals surface area (Å²) in [6, 6.07) is 0. The molecule has 2 unspecified atom stereocenters. The molecule has 0 radical (unpaired) electrons. The second kappa shape index (κ2) is 5.40. The zero-order valence-corrected chi connectivity index (χ0v) is 12.8. The second-order valence-electron chi connectivity index (χ2n) is 6.02. The fourth-order valence-electron chi connectivity index (χ4n) is 2.16. The molecule has 1 fully saturated rings. The molecule has 1 aliphatic heterocycles. The van der Waals surface area contributed by atoms with Crippen molar-refractivity contribution in [3.8, 4) is 0 Å². The van der Waals surface area contributed by atoms with Crippen molar-refractivity contribution in [2.24, 2.45) is 5.92 Å². The minimum Gasteiger partial charge on any atom is -0.438 e. The SMILES string of the molecule is BO[C@H]1COC(OC)C1CC(C)(C)[Si](C)(C)O. The number of rotatable bonds is 5. The van der Waals surface area contributed by atoms with Gasteiger partial charge >= 0.3 is 0 Å². The quantitative estimate of drug-likeness (QED) is 0.746. The van der Waals surface area contributed by atoms with Gasteiger partial charge in [0.1, 0.15) is 0 Å². The smallest absolute Gasteiger partial charge is 0.257 e. The van der Waals surface area contributed by atoms with Gasteiger partial charge in [-0.3, -0.25) is 0 Å².